The van der Waals surface area contributed by atoms with Crippen LogP contribution in [0.3, 0.4) is 0 Å². The number of benzene rings is 2. The second-order valence-corrected chi connectivity index (χ2v) is 5.91. The lowest BCUT2D eigenvalue weighted by Crippen LogP contribution is -2.04. The van der Waals surface area contributed by atoms with Gasteiger partial charge in [0.05, 0.1) is 4.92 Å². The Kier molecular flexibility index (Phi) is 5.10. The van der Waals surface area contributed by atoms with Crippen molar-refractivity contribution < 1.29 is 4.92 Å². The first-order valence-corrected chi connectivity index (χ1v) is 8.63. The second kappa shape index (κ2) is 7.63. The molecule has 2 aromatic carbocycles. The van der Waals surface area contributed by atoms with Crippen molar-refractivity contribution in [1.82, 2.24) is 9.97 Å². The van der Waals surface area contributed by atoms with E-state index < -0.39 is 4.92 Å². The summed E-state index contributed by atoms with van der Waals surface area (Å²) >= 11 is 1.65. The van der Waals surface area contributed by atoms with E-state index in [4.69, 9.17) is 0 Å². The van der Waals surface area contributed by atoms with Gasteiger partial charge in [0.15, 0.2) is 0 Å². The van der Waals surface area contributed by atoms with Crippen molar-refractivity contribution in [3.63, 3.8) is 0 Å². The van der Waals surface area contributed by atoms with Gasteiger partial charge in [-0.2, -0.15) is 4.98 Å². The molecule has 0 bridgehead atoms. The van der Waals surface area contributed by atoms with Gasteiger partial charge < -0.3 is 10.6 Å². The highest BCUT2D eigenvalue weighted by Crippen LogP contribution is 2.27. The van der Waals surface area contributed by atoms with Crippen LogP contribution in [0.25, 0.3) is 0 Å². The van der Waals surface area contributed by atoms with Crippen LogP contribution in [0.5, 0.6) is 0 Å². The maximum absolute atomic E-state index is 11.2. The maximum Gasteiger partial charge on any atom is 0.329 e. The van der Waals surface area contributed by atoms with E-state index in [1.165, 1.54) is 6.20 Å². The first-order chi connectivity index (χ1) is 12.2. The lowest BCUT2D eigenvalue weighted by atomic mass is 10.3. The third-order valence-electron chi connectivity index (χ3n) is 3.35. The highest BCUT2D eigenvalue weighted by atomic mass is 32.2. The molecular weight excluding hydrogens is 338 g/mol. The molecular formula is C17H15N5O2S. The summed E-state index contributed by atoms with van der Waals surface area (Å²) in [5.41, 5.74) is 1.32. The number of thioether (sulfide) groups is 1. The van der Waals surface area contributed by atoms with Gasteiger partial charge in [0, 0.05) is 16.3 Å². The number of aromatic nitrogens is 2. The van der Waals surface area contributed by atoms with Gasteiger partial charge in [-0.15, -0.1) is 11.8 Å². The van der Waals surface area contributed by atoms with Gasteiger partial charge in [0.25, 0.3) is 0 Å². The van der Waals surface area contributed by atoms with Crippen molar-refractivity contribution in [3.05, 3.63) is 70.9 Å². The average molecular weight is 353 g/mol. The van der Waals surface area contributed by atoms with Crippen LogP contribution in [-0.2, 0) is 0 Å². The van der Waals surface area contributed by atoms with Gasteiger partial charge in [0.1, 0.15) is 6.20 Å². The predicted molar refractivity (Wildman–Crippen MR) is 99.9 cm³/mol. The van der Waals surface area contributed by atoms with Gasteiger partial charge in [-0.3, -0.25) is 10.1 Å². The molecule has 3 aromatic rings. The molecule has 1 heterocycles. The van der Waals surface area contributed by atoms with E-state index in [9.17, 15) is 10.1 Å². The third-order valence-corrected chi connectivity index (χ3v) is 4.09. The fourth-order valence-corrected chi connectivity index (χ4v) is 2.53. The van der Waals surface area contributed by atoms with Gasteiger partial charge in [-0.1, -0.05) is 18.2 Å². The first kappa shape index (κ1) is 16.7. The monoisotopic (exact) mass is 353 g/mol. The number of para-hydroxylation sites is 1. The fraction of sp³-hybridized carbons (Fsp3) is 0.0588. The summed E-state index contributed by atoms with van der Waals surface area (Å²) in [6, 6.07) is 16.9. The summed E-state index contributed by atoms with van der Waals surface area (Å²) in [6.45, 7) is 0. The van der Waals surface area contributed by atoms with Crippen LogP contribution in [0.15, 0.2) is 65.7 Å². The summed E-state index contributed by atoms with van der Waals surface area (Å²) in [5.74, 6) is 0.412. The third kappa shape index (κ3) is 4.24. The molecule has 0 aliphatic heterocycles. The lowest BCUT2D eigenvalue weighted by molar-refractivity contribution is -0.384. The Morgan fingerprint density at radius 2 is 1.68 bits per heavy atom. The standard InChI is InChI=1S/C17H15N5O2S/c1-25-14-9-7-13(8-10-14)20-17-18-11-15(22(23)24)16(21-17)19-12-5-3-2-4-6-12/h2-11H,1H3,(H2,18,19,20,21). The molecule has 7 nitrogen and oxygen atoms in total. The van der Waals surface area contributed by atoms with Crippen LogP contribution in [0.1, 0.15) is 0 Å². The molecule has 3 rings (SSSR count). The van der Waals surface area contributed by atoms with Crippen molar-refractivity contribution in [2.24, 2.45) is 0 Å². The van der Waals surface area contributed by atoms with Gasteiger partial charge in [-0.25, -0.2) is 4.98 Å². The van der Waals surface area contributed by atoms with Crippen molar-refractivity contribution in [2.75, 3.05) is 16.9 Å². The number of rotatable bonds is 6. The quantitative estimate of drug-likeness (QED) is 0.380. The molecule has 0 unspecified atom stereocenters. The fourth-order valence-electron chi connectivity index (χ4n) is 2.12. The van der Waals surface area contributed by atoms with E-state index in [0.29, 0.717) is 5.69 Å². The Bertz CT molecular complexity index is 872. The van der Waals surface area contributed by atoms with E-state index in [2.05, 4.69) is 20.6 Å². The van der Waals surface area contributed by atoms with Crippen LogP contribution < -0.4 is 10.6 Å². The topological polar surface area (TPSA) is 93.0 Å². The Labute approximate surface area is 148 Å². The zero-order chi connectivity index (χ0) is 17.6. The minimum absolute atomic E-state index is 0.134. The van der Waals surface area contributed by atoms with Crippen molar-refractivity contribution in [1.29, 1.82) is 0 Å². The van der Waals surface area contributed by atoms with E-state index in [1.807, 2.05) is 48.7 Å². The van der Waals surface area contributed by atoms with Gasteiger partial charge in [-0.05, 0) is 42.7 Å². The highest BCUT2D eigenvalue weighted by Gasteiger charge is 2.17. The van der Waals surface area contributed by atoms with Crippen molar-refractivity contribution >= 4 is 40.6 Å². The van der Waals surface area contributed by atoms with E-state index in [1.54, 1.807) is 23.9 Å². The Morgan fingerprint density at radius 1 is 1.00 bits per heavy atom. The number of nitrogens with zero attached hydrogens (tertiary/aromatic N) is 3. The predicted octanol–water partition coefficient (Wildman–Crippen LogP) is 4.59. The molecule has 0 saturated heterocycles. The zero-order valence-electron chi connectivity index (χ0n) is 13.3. The summed E-state index contributed by atoms with van der Waals surface area (Å²) < 4.78 is 0. The Morgan fingerprint density at radius 3 is 2.32 bits per heavy atom. The van der Waals surface area contributed by atoms with Crippen molar-refractivity contribution in [2.45, 2.75) is 4.90 Å². The molecule has 1 aromatic heterocycles. The number of hydrogen-bond donors (Lipinski definition) is 2. The number of nitro groups is 1. The number of nitrogens with one attached hydrogen (secondary N) is 2. The summed E-state index contributed by atoms with van der Waals surface area (Å²) in [6.07, 6.45) is 3.19. The first-order valence-electron chi connectivity index (χ1n) is 7.40. The molecule has 0 atom stereocenters. The molecule has 0 amide bonds. The molecule has 0 aliphatic carbocycles. The number of anilines is 4. The van der Waals surface area contributed by atoms with Crippen LogP contribution in [0.2, 0.25) is 0 Å². The molecule has 0 saturated carbocycles. The summed E-state index contributed by atoms with van der Waals surface area (Å²) in [5, 5.41) is 17.2. The van der Waals surface area contributed by atoms with Crippen LogP contribution in [0, 0.1) is 10.1 Å². The maximum atomic E-state index is 11.2. The van der Waals surface area contributed by atoms with Gasteiger partial charge >= 0.3 is 5.69 Å². The lowest BCUT2D eigenvalue weighted by Gasteiger charge is -2.09. The van der Waals surface area contributed by atoms with Gasteiger partial charge in [0.2, 0.25) is 11.8 Å². The SMILES string of the molecule is CSc1ccc(Nc2ncc([N+](=O)[O-])c(Nc3ccccc3)n2)cc1. The molecule has 0 radical (unpaired) electrons. The molecule has 25 heavy (non-hydrogen) atoms. The molecule has 2 N–H and O–H groups in total. The van der Waals surface area contributed by atoms with Crippen molar-refractivity contribution in [3.8, 4) is 0 Å². The molecule has 0 aliphatic rings. The van der Waals surface area contributed by atoms with Crippen LogP contribution in [-0.4, -0.2) is 21.1 Å². The van der Waals surface area contributed by atoms with E-state index >= 15 is 0 Å². The molecule has 126 valence electrons. The minimum atomic E-state index is -0.512. The highest BCUT2D eigenvalue weighted by molar-refractivity contribution is 7.98. The normalized spacial score (nSPS) is 10.3. The summed E-state index contributed by atoms with van der Waals surface area (Å²) in [4.78, 5) is 20.1. The molecule has 8 heteroatoms. The molecule has 0 spiro atoms. The zero-order valence-corrected chi connectivity index (χ0v) is 14.2. The van der Waals surface area contributed by atoms with Crippen LogP contribution >= 0.6 is 11.8 Å². The minimum Gasteiger partial charge on any atom is -0.334 e. The Hall–Kier alpha value is -3.13. The van der Waals surface area contributed by atoms with E-state index in [0.717, 1.165) is 10.6 Å². The smallest absolute Gasteiger partial charge is 0.329 e. The Balaban J connectivity index is 1.87. The van der Waals surface area contributed by atoms with Crippen LogP contribution in [0.4, 0.5) is 28.8 Å². The largest absolute Gasteiger partial charge is 0.334 e. The number of hydrogen-bond acceptors (Lipinski definition) is 7. The second-order valence-electron chi connectivity index (χ2n) is 5.03. The van der Waals surface area contributed by atoms with E-state index in [-0.39, 0.29) is 17.5 Å². The average Bonchev–Trinajstić information content (AvgIpc) is 2.63. The molecule has 0 fully saturated rings. The summed E-state index contributed by atoms with van der Waals surface area (Å²) in [7, 11) is 0.